The van der Waals surface area contributed by atoms with Gasteiger partial charge in [-0.2, -0.15) is 0 Å². The molecule has 96 valence electrons. The molecule has 0 bridgehead atoms. The fourth-order valence-electron chi connectivity index (χ4n) is 1.83. The zero-order valence-corrected chi connectivity index (χ0v) is 10.7. The van der Waals surface area contributed by atoms with E-state index < -0.39 is 0 Å². The highest BCUT2D eigenvalue weighted by Gasteiger charge is 2.14. The van der Waals surface area contributed by atoms with Crippen molar-refractivity contribution in [2.24, 2.45) is 0 Å². The van der Waals surface area contributed by atoms with Crippen LogP contribution in [0.1, 0.15) is 28.8 Å². The van der Waals surface area contributed by atoms with Crippen molar-refractivity contribution in [2.45, 2.75) is 12.8 Å². The Bertz CT molecular complexity index is 578. The van der Waals surface area contributed by atoms with Gasteiger partial charge in [0.2, 0.25) is 5.91 Å². The van der Waals surface area contributed by atoms with Crippen LogP contribution in [0.25, 0.3) is 0 Å². The molecule has 0 aliphatic heterocycles. The summed E-state index contributed by atoms with van der Waals surface area (Å²) in [6, 6.07) is 16.4. The summed E-state index contributed by atoms with van der Waals surface area (Å²) >= 11 is 0. The SMILES string of the molecule is CC(C(=O)Nc1cccc(C=O)c1)c1ccccc1. The van der Waals surface area contributed by atoms with E-state index in [0.717, 1.165) is 11.8 Å². The maximum absolute atomic E-state index is 12.1. The second-order valence-corrected chi connectivity index (χ2v) is 4.36. The Hall–Kier alpha value is -2.42. The molecule has 0 aliphatic carbocycles. The lowest BCUT2D eigenvalue weighted by molar-refractivity contribution is -0.117. The van der Waals surface area contributed by atoms with Crippen molar-refractivity contribution in [1.82, 2.24) is 0 Å². The van der Waals surface area contributed by atoms with Gasteiger partial charge in [0.25, 0.3) is 0 Å². The van der Waals surface area contributed by atoms with Crippen LogP contribution in [0.4, 0.5) is 5.69 Å². The van der Waals surface area contributed by atoms with Gasteiger partial charge in [0.05, 0.1) is 5.92 Å². The second kappa shape index (κ2) is 5.96. The van der Waals surface area contributed by atoms with Gasteiger partial charge in [0, 0.05) is 11.3 Å². The molecule has 0 heterocycles. The molecule has 19 heavy (non-hydrogen) atoms. The molecule has 0 aromatic heterocycles. The van der Waals surface area contributed by atoms with Crippen LogP contribution >= 0.6 is 0 Å². The summed E-state index contributed by atoms with van der Waals surface area (Å²) in [5, 5.41) is 2.82. The van der Waals surface area contributed by atoms with Gasteiger partial charge in [-0.1, -0.05) is 42.5 Å². The van der Waals surface area contributed by atoms with Crippen LogP contribution in [-0.4, -0.2) is 12.2 Å². The predicted octanol–water partition coefficient (Wildman–Crippen LogP) is 3.24. The number of nitrogens with one attached hydrogen (secondary N) is 1. The molecule has 0 fully saturated rings. The van der Waals surface area contributed by atoms with E-state index in [9.17, 15) is 9.59 Å². The molecule has 2 aromatic carbocycles. The largest absolute Gasteiger partial charge is 0.326 e. The first-order valence-corrected chi connectivity index (χ1v) is 6.12. The van der Waals surface area contributed by atoms with E-state index in [0.29, 0.717) is 11.3 Å². The summed E-state index contributed by atoms with van der Waals surface area (Å²) in [7, 11) is 0. The van der Waals surface area contributed by atoms with Gasteiger partial charge < -0.3 is 5.32 Å². The van der Waals surface area contributed by atoms with E-state index in [1.807, 2.05) is 37.3 Å². The van der Waals surface area contributed by atoms with Crippen LogP contribution in [0.15, 0.2) is 54.6 Å². The highest BCUT2D eigenvalue weighted by Crippen LogP contribution is 2.17. The lowest BCUT2D eigenvalue weighted by atomic mass is 10.0. The predicted molar refractivity (Wildman–Crippen MR) is 75.3 cm³/mol. The third-order valence-corrected chi connectivity index (χ3v) is 2.98. The lowest BCUT2D eigenvalue weighted by Crippen LogP contribution is -2.18. The number of aldehydes is 1. The van der Waals surface area contributed by atoms with E-state index in [1.54, 1.807) is 24.3 Å². The minimum absolute atomic E-state index is 0.0887. The Kier molecular flexibility index (Phi) is 4.08. The fourth-order valence-corrected chi connectivity index (χ4v) is 1.83. The first-order valence-electron chi connectivity index (χ1n) is 6.12. The highest BCUT2D eigenvalue weighted by atomic mass is 16.1. The molecule has 1 amide bonds. The van der Waals surface area contributed by atoms with Crippen LogP contribution in [0, 0.1) is 0 Å². The molecule has 0 aliphatic rings. The molecular weight excluding hydrogens is 238 g/mol. The number of carbonyl (C=O) groups is 2. The monoisotopic (exact) mass is 253 g/mol. The average molecular weight is 253 g/mol. The van der Waals surface area contributed by atoms with Crippen molar-refractivity contribution < 1.29 is 9.59 Å². The number of anilines is 1. The molecule has 0 saturated carbocycles. The summed E-state index contributed by atoms with van der Waals surface area (Å²) in [6.45, 7) is 1.86. The number of rotatable bonds is 4. The van der Waals surface area contributed by atoms with Crippen LogP contribution < -0.4 is 5.32 Å². The van der Waals surface area contributed by atoms with Crippen molar-refractivity contribution in [3.63, 3.8) is 0 Å². The Labute approximate surface area is 112 Å². The molecular formula is C16H15NO2. The normalized spacial score (nSPS) is 11.6. The van der Waals surface area contributed by atoms with Crippen LogP contribution in [0.2, 0.25) is 0 Å². The Morgan fingerprint density at radius 3 is 2.53 bits per heavy atom. The zero-order valence-electron chi connectivity index (χ0n) is 10.7. The summed E-state index contributed by atoms with van der Waals surface area (Å²) in [5.41, 5.74) is 2.15. The standard InChI is InChI=1S/C16H15NO2/c1-12(14-7-3-2-4-8-14)16(19)17-15-9-5-6-13(10-15)11-18/h2-12H,1H3,(H,17,19). The van der Waals surface area contributed by atoms with Gasteiger partial charge in [-0.05, 0) is 24.6 Å². The van der Waals surface area contributed by atoms with Crippen LogP contribution in [0.5, 0.6) is 0 Å². The van der Waals surface area contributed by atoms with Crippen molar-refractivity contribution in [2.75, 3.05) is 5.32 Å². The average Bonchev–Trinajstić information content (AvgIpc) is 2.47. The first-order chi connectivity index (χ1) is 9.20. The van der Waals surface area contributed by atoms with E-state index >= 15 is 0 Å². The van der Waals surface area contributed by atoms with Crippen molar-refractivity contribution in [3.8, 4) is 0 Å². The molecule has 0 radical (unpaired) electrons. The molecule has 1 N–H and O–H groups in total. The second-order valence-electron chi connectivity index (χ2n) is 4.36. The van der Waals surface area contributed by atoms with Gasteiger partial charge in [0.1, 0.15) is 6.29 Å². The third kappa shape index (κ3) is 3.28. The molecule has 1 atom stereocenters. The van der Waals surface area contributed by atoms with E-state index in [2.05, 4.69) is 5.32 Å². The van der Waals surface area contributed by atoms with Crippen molar-refractivity contribution >= 4 is 17.9 Å². The Balaban J connectivity index is 2.10. The summed E-state index contributed by atoms with van der Waals surface area (Å²) in [6.07, 6.45) is 0.760. The van der Waals surface area contributed by atoms with Gasteiger partial charge in [-0.3, -0.25) is 9.59 Å². The van der Waals surface area contributed by atoms with Gasteiger partial charge >= 0.3 is 0 Å². The molecule has 3 nitrogen and oxygen atoms in total. The molecule has 2 aromatic rings. The zero-order chi connectivity index (χ0) is 13.7. The fraction of sp³-hybridized carbons (Fsp3) is 0.125. The van der Waals surface area contributed by atoms with Gasteiger partial charge in [-0.25, -0.2) is 0 Å². The number of amides is 1. The highest BCUT2D eigenvalue weighted by molar-refractivity contribution is 5.96. The smallest absolute Gasteiger partial charge is 0.231 e. The van der Waals surface area contributed by atoms with Crippen LogP contribution in [0.3, 0.4) is 0 Å². The van der Waals surface area contributed by atoms with Gasteiger partial charge in [0.15, 0.2) is 0 Å². The van der Waals surface area contributed by atoms with Crippen molar-refractivity contribution in [1.29, 1.82) is 0 Å². The number of carbonyl (C=O) groups excluding carboxylic acids is 2. The minimum Gasteiger partial charge on any atom is -0.326 e. The first kappa shape index (κ1) is 13.0. The molecule has 0 saturated heterocycles. The van der Waals surface area contributed by atoms with Crippen LogP contribution in [-0.2, 0) is 4.79 Å². The summed E-state index contributed by atoms with van der Waals surface area (Å²) < 4.78 is 0. The van der Waals surface area contributed by atoms with E-state index in [-0.39, 0.29) is 11.8 Å². The molecule has 2 rings (SSSR count). The van der Waals surface area contributed by atoms with Gasteiger partial charge in [-0.15, -0.1) is 0 Å². The topological polar surface area (TPSA) is 46.2 Å². The number of hydrogen-bond acceptors (Lipinski definition) is 2. The molecule has 1 unspecified atom stereocenters. The van der Waals surface area contributed by atoms with E-state index in [4.69, 9.17) is 0 Å². The quantitative estimate of drug-likeness (QED) is 0.850. The maximum Gasteiger partial charge on any atom is 0.231 e. The molecule has 0 spiro atoms. The molecule has 3 heteroatoms. The number of benzene rings is 2. The third-order valence-electron chi connectivity index (χ3n) is 2.98. The maximum atomic E-state index is 12.1. The Morgan fingerprint density at radius 1 is 1.11 bits per heavy atom. The van der Waals surface area contributed by atoms with Crippen molar-refractivity contribution in [3.05, 3.63) is 65.7 Å². The summed E-state index contributed by atoms with van der Waals surface area (Å²) in [4.78, 5) is 22.8. The number of hydrogen-bond donors (Lipinski definition) is 1. The van der Waals surface area contributed by atoms with E-state index in [1.165, 1.54) is 0 Å². The lowest BCUT2D eigenvalue weighted by Gasteiger charge is -2.12. The Morgan fingerprint density at radius 2 is 1.84 bits per heavy atom. The minimum atomic E-state index is -0.235. The summed E-state index contributed by atoms with van der Waals surface area (Å²) in [5.74, 6) is -0.324.